The molecular weight excluding hydrogens is 271 g/mol. The molecule has 1 unspecified atom stereocenters. The van der Waals surface area contributed by atoms with E-state index in [4.69, 9.17) is 5.11 Å². The highest BCUT2D eigenvalue weighted by Crippen LogP contribution is 2.21. The van der Waals surface area contributed by atoms with Crippen molar-refractivity contribution in [2.24, 2.45) is 0 Å². The second kappa shape index (κ2) is 7.28. The van der Waals surface area contributed by atoms with Gasteiger partial charge in [-0.1, -0.05) is 37.3 Å². The Morgan fingerprint density at radius 1 is 1.30 bits per heavy atom. The van der Waals surface area contributed by atoms with Crippen LogP contribution in [0.2, 0.25) is 0 Å². The number of aliphatic carboxylic acids is 1. The highest BCUT2D eigenvalue weighted by atomic mass is 19.4. The van der Waals surface area contributed by atoms with E-state index in [1.54, 1.807) is 0 Å². The van der Waals surface area contributed by atoms with Crippen LogP contribution in [0.1, 0.15) is 24.8 Å². The first-order chi connectivity index (χ1) is 9.28. The summed E-state index contributed by atoms with van der Waals surface area (Å²) in [5.74, 6) is -1.16. The second-order valence-electron chi connectivity index (χ2n) is 4.82. The number of carbonyl (C=O) groups is 1. The fourth-order valence-electron chi connectivity index (χ4n) is 1.98. The molecule has 1 atom stereocenters. The van der Waals surface area contributed by atoms with Crippen molar-refractivity contribution in [3.8, 4) is 0 Å². The SMILES string of the molecule is CC(CCN(CC(=O)O)CC(F)(F)F)c1ccccc1. The van der Waals surface area contributed by atoms with E-state index < -0.39 is 25.2 Å². The molecule has 112 valence electrons. The van der Waals surface area contributed by atoms with Gasteiger partial charge < -0.3 is 5.11 Å². The molecule has 0 spiro atoms. The lowest BCUT2D eigenvalue weighted by molar-refractivity contribution is -0.154. The summed E-state index contributed by atoms with van der Waals surface area (Å²) in [6, 6.07) is 9.44. The van der Waals surface area contributed by atoms with E-state index in [2.05, 4.69) is 0 Å². The van der Waals surface area contributed by atoms with Crippen molar-refractivity contribution in [3.63, 3.8) is 0 Å². The van der Waals surface area contributed by atoms with Gasteiger partial charge in [0.1, 0.15) is 0 Å². The summed E-state index contributed by atoms with van der Waals surface area (Å²) in [5.41, 5.74) is 1.04. The van der Waals surface area contributed by atoms with Crippen LogP contribution in [0.25, 0.3) is 0 Å². The Balaban J connectivity index is 2.55. The number of benzene rings is 1. The predicted octanol–water partition coefficient (Wildman–Crippen LogP) is 3.13. The molecule has 0 aliphatic carbocycles. The Kier molecular flexibility index (Phi) is 6.01. The normalized spacial score (nSPS) is 13.4. The number of rotatable bonds is 7. The average Bonchev–Trinajstić information content (AvgIpc) is 2.34. The number of hydrogen-bond acceptors (Lipinski definition) is 2. The first-order valence-electron chi connectivity index (χ1n) is 6.34. The zero-order valence-electron chi connectivity index (χ0n) is 11.2. The first-order valence-corrected chi connectivity index (χ1v) is 6.34. The lowest BCUT2D eigenvalue weighted by Gasteiger charge is -2.23. The minimum Gasteiger partial charge on any atom is -0.480 e. The van der Waals surface area contributed by atoms with E-state index >= 15 is 0 Å². The van der Waals surface area contributed by atoms with Gasteiger partial charge in [-0.25, -0.2) is 0 Å². The van der Waals surface area contributed by atoms with Gasteiger partial charge in [-0.15, -0.1) is 0 Å². The maximum absolute atomic E-state index is 12.4. The summed E-state index contributed by atoms with van der Waals surface area (Å²) in [6.45, 7) is 0.228. The molecule has 0 radical (unpaired) electrons. The van der Waals surface area contributed by atoms with Gasteiger partial charge in [0.15, 0.2) is 0 Å². The number of halogens is 3. The Morgan fingerprint density at radius 3 is 2.40 bits per heavy atom. The van der Waals surface area contributed by atoms with Crippen LogP contribution in [0, 0.1) is 0 Å². The monoisotopic (exact) mass is 289 g/mol. The van der Waals surface area contributed by atoms with E-state index in [9.17, 15) is 18.0 Å². The van der Waals surface area contributed by atoms with Crippen molar-refractivity contribution in [2.75, 3.05) is 19.6 Å². The molecule has 0 aliphatic heterocycles. The topological polar surface area (TPSA) is 40.5 Å². The van der Waals surface area contributed by atoms with E-state index in [1.807, 2.05) is 37.3 Å². The number of carboxylic acid groups (broad SMARTS) is 1. The summed E-state index contributed by atoms with van der Waals surface area (Å²) in [7, 11) is 0. The van der Waals surface area contributed by atoms with Crippen LogP contribution in [0.5, 0.6) is 0 Å². The molecule has 0 heterocycles. The standard InChI is InChI=1S/C14H18F3NO2/c1-11(12-5-3-2-4-6-12)7-8-18(9-13(19)20)10-14(15,16)17/h2-6,11H,7-10H2,1H3,(H,19,20). The molecule has 0 saturated carbocycles. The van der Waals surface area contributed by atoms with Gasteiger partial charge in [0.2, 0.25) is 0 Å². The summed E-state index contributed by atoms with van der Waals surface area (Å²) < 4.78 is 37.1. The zero-order valence-corrected chi connectivity index (χ0v) is 11.2. The molecule has 1 rings (SSSR count). The summed E-state index contributed by atoms with van der Waals surface area (Å²) in [6.07, 6.45) is -3.90. The molecule has 0 fully saturated rings. The van der Waals surface area contributed by atoms with Crippen LogP contribution in [0.4, 0.5) is 13.2 Å². The Bertz CT molecular complexity index is 420. The van der Waals surface area contributed by atoms with Gasteiger partial charge in [0.05, 0.1) is 13.1 Å². The van der Waals surface area contributed by atoms with E-state index in [1.165, 1.54) is 0 Å². The van der Waals surface area contributed by atoms with Gasteiger partial charge in [-0.05, 0) is 24.4 Å². The van der Waals surface area contributed by atoms with Crippen molar-refractivity contribution in [3.05, 3.63) is 35.9 Å². The van der Waals surface area contributed by atoms with Gasteiger partial charge >= 0.3 is 12.1 Å². The lowest BCUT2D eigenvalue weighted by Crippen LogP contribution is -2.38. The summed E-state index contributed by atoms with van der Waals surface area (Å²) >= 11 is 0. The molecule has 0 aliphatic rings. The Labute approximate surface area is 116 Å². The molecular formula is C14H18F3NO2. The van der Waals surface area contributed by atoms with Gasteiger partial charge in [-0.2, -0.15) is 13.2 Å². The highest BCUT2D eigenvalue weighted by molar-refractivity contribution is 5.69. The third-order valence-electron chi connectivity index (χ3n) is 3.01. The van der Waals surface area contributed by atoms with E-state index in [0.717, 1.165) is 10.5 Å². The fraction of sp³-hybridized carbons (Fsp3) is 0.500. The maximum Gasteiger partial charge on any atom is 0.401 e. The minimum absolute atomic E-state index is 0.0840. The van der Waals surface area contributed by atoms with Gasteiger partial charge in [-0.3, -0.25) is 9.69 Å². The number of nitrogens with zero attached hydrogens (tertiary/aromatic N) is 1. The van der Waals surface area contributed by atoms with Gasteiger partial charge in [0, 0.05) is 0 Å². The third kappa shape index (κ3) is 6.56. The third-order valence-corrected chi connectivity index (χ3v) is 3.01. The first kappa shape index (κ1) is 16.5. The maximum atomic E-state index is 12.4. The molecule has 3 nitrogen and oxygen atoms in total. The number of alkyl halides is 3. The van der Waals surface area contributed by atoms with Crippen LogP contribution in [-0.2, 0) is 4.79 Å². The lowest BCUT2D eigenvalue weighted by atomic mass is 9.98. The van der Waals surface area contributed by atoms with Crippen LogP contribution >= 0.6 is 0 Å². The zero-order chi connectivity index (χ0) is 15.2. The van der Waals surface area contributed by atoms with Crippen LogP contribution in [0.15, 0.2) is 30.3 Å². The number of carboxylic acids is 1. The van der Waals surface area contributed by atoms with E-state index in [0.29, 0.717) is 6.42 Å². The van der Waals surface area contributed by atoms with Crippen molar-refractivity contribution >= 4 is 5.97 Å². The average molecular weight is 289 g/mol. The molecule has 6 heteroatoms. The van der Waals surface area contributed by atoms with Crippen LogP contribution in [-0.4, -0.2) is 41.8 Å². The van der Waals surface area contributed by atoms with Crippen molar-refractivity contribution < 1.29 is 23.1 Å². The van der Waals surface area contributed by atoms with E-state index in [-0.39, 0.29) is 12.5 Å². The molecule has 0 aromatic heterocycles. The molecule has 1 N–H and O–H groups in total. The number of hydrogen-bond donors (Lipinski definition) is 1. The molecule has 20 heavy (non-hydrogen) atoms. The fourth-order valence-corrected chi connectivity index (χ4v) is 1.98. The van der Waals surface area contributed by atoms with Crippen LogP contribution in [0.3, 0.4) is 0 Å². The second-order valence-corrected chi connectivity index (χ2v) is 4.82. The quantitative estimate of drug-likeness (QED) is 0.838. The Morgan fingerprint density at radius 2 is 1.90 bits per heavy atom. The Hall–Kier alpha value is -1.56. The van der Waals surface area contributed by atoms with Crippen molar-refractivity contribution in [1.29, 1.82) is 0 Å². The molecule has 0 bridgehead atoms. The molecule has 1 aromatic carbocycles. The highest BCUT2D eigenvalue weighted by Gasteiger charge is 2.31. The largest absolute Gasteiger partial charge is 0.480 e. The van der Waals surface area contributed by atoms with Crippen LogP contribution < -0.4 is 0 Å². The molecule has 1 aromatic rings. The van der Waals surface area contributed by atoms with Crippen molar-refractivity contribution in [2.45, 2.75) is 25.4 Å². The predicted molar refractivity (Wildman–Crippen MR) is 69.6 cm³/mol. The summed E-state index contributed by atoms with van der Waals surface area (Å²) in [5, 5.41) is 8.65. The smallest absolute Gasteiger partial charge is 0.401 e. The minimum atomic E-state index is -4.38. The summed E-state index contributed by atoms with van der Waals surface area (Å²) in [4.78, 5) is 11.5. The molecule has 0 saturated heterocycles. The molecule has 0 amide bonds. The van der Waals surface area contributed by atoms with Gasteiger partial charge in [0.25, 0.3) is 0 Å². The van der Waals surface area contributed by atoms with Crippen molar-refractivity contribution in [1.82, 2.24) is 4.90 Å².